The molecule has 2 aromatic heterocycles. The summed E-state index contributed by atoms with van der Waals surface area (Å²) >= 11 is 0. The van der Waals surface area contributed by atoms with Crippen LogP contribution < -0.4 is 5.32 Å². The van der Waals surface area contributed by atoms with Gasteiger partial charge < -0.3 is 23.7 Å². The molecule has 202 valence electrons. The third-order valence-electron chi connectivity index (χ3n) is 9.08. The molecule has 3 aromatic carbocycles. The maximum Gasteiger partial charge on any atom is 0.410 e. The molecule has 9 nitrogen and oxygen atoms in total. The summed E-state index contributed by atoms with van der Waals surface area (Å²) in [4.78, 5) is 43.9. The number of ether oxygens (including phenoxy) is 1. The van der Waals surface area contributed by atoms with Gasteiger partial charge in [-0.15, -0.1) is 0 Å². The number of likely N-dealkylation sites (tertiary alicyclic amines) is 1. The maximum absolute atomic E-state index is 13.3. The van der Waals surface area contributed by atoms with Crippen molar-refractivity contribution in [3.8, 4) is 0 Å². The van der Waals surface area contributed by atoms with Crippen LogP contribution in [0.4, 0.5) is 4.79 Å². The highest BCUT2D eigenvalue weighted by Gasteiger charge is 2.38. The molecule has 1 unspecified atom stereocenters. The van der Waals surface area contributed by atoms with Crippen molar-refractivity contribution in [1.82, 2.24) is 24.3 Å². The molecule has 2 atom stereocenters. The topological polar surface area (TPSA) is 88.8 Å². The molecule has 0 spiro atoms. The van der Waals surface area contributed by atoms with Crippen molar-refractivity contribution in [2.75, 3.05) is 27.2 Å². The number of nitrogens with one attached hydrogen (secondary N) is 1. The van der Waals surface area contributed by atoms with Crippen LogP contribution in [-0.4, -0.2) is 76.2 Å². The molecule has 40 heavy (non-hydrogen) atoms. The number of fused-ring (bicyclic) bond motifs is 9. The number of amides is 3. The number of nitrogens with zero attached hydrogens (tertiary/aromatic N) is 4. The highest BCUT2D eigenvalue weighted by Crippen LogP contribution is 2.45. The summed E-state index contributed by atoms with van der Waals surface area (Å²) in [6, 6.07) is 16.4. The smallest absolute Gasteiger partial charge is 0.410 e. The summed E-state index contributed by atoms with van der Waals surface area (Å²) in [5.74, 6) is -0.715. The van der Waals surface area contributed by atoms with Gasteiger partial charge in [0.1, 0.15) is 6.10 Å². The number of likely N-dealkylation sites (N-methyl/N-ethyl adjacent to an activating group) is 1. The molecule has 1 saturated heterocycles. The standard InChI is InChI=1S/C31H29N5O4/c1-33(2)17-11-13-34(15-17)31(39)40-18-12-14-35-21-9-5-3-7-19(21)23-25-26(30(38)32-29(25)37)24-20-8-4-6-10-22(20)36(16-18)28(24)27(23)35/h3-10,17-18H,11-16H2,1-2H3,(H,32,37,38)/t17-,18?/m0/s1. The van der Waals surface area contributed by atoms with E-state index in [0.717, 1.165) is 50.0 Å². The third kappa shape index (κ3) is 3.09. The zero-order valence-corrected chi connectivity index (χ0v) is 22.4. The molecule has 0 radical (unpaired) electrons. The van der Waals surface area contributed by atoms with Crippen LogP contribution in [0.1, 0.15) is 33.6 Å². The lowest BCUT2D eigenvalue weighted by Gasteiger charge is -2.26. The molecular formula is C31H29N5O4. The Morgan fingerprint density at radius 3 is 2.05 bits per heavy atom. The second-order valence-corrected chi connectivity index (χ2v) is 11.4. The summed E-state index contributed by atoms with van der Waals surface area (Å²) in [6.07, 6.45) is 0.921. The second kappa shape index (κ2) is 8.32. The Balaban J connectivity index is 1.36. The predicted octanol–water partition coefficient (Wildman–Crippen LogP) is 4.33. The first kappa shape index (κ1) is 23.5. The van der Waals surface area contributed by atoms with Crippen LogP contribution in [0, 0.1) is 0 Å². The second-order valence-electron chi connectivity index (χ2n) is 11.4. The number of hydrogen-bond acceptors (Lipinski definition) is 5. The van der Waals surface area contributed by atoms with Gasteiger partial charge in [0, 0.05) is 64.7 Å². The minimum atomic E-state index is -0.365. The summed E-state index contributed by atoms with van der Waals surface area (Å²) in [5.41, 5.74) is 4.70. The van der Waals surface area contributed by atoms with E-state index in [9.17, 15) is 14.4 Å². The first-order chi connectivity index (χ1) is 19.4. The zero-order valence-electron chi connectivity index (χ0n) is 22.4. The van der Waals surface area contributed by atoms with E-state index in [2.05, 4.69) is 25.4 Å². The molecule has 0 saturated carbocycles. The van der Waals surface area contributed by atoms with E-state index in [1.165, 1.54) is 0 Å². The van der Waals surface area contributed by atoms with Crippen LogP contribution in [0.3, 0.4) is 0 Å². The Hall–Kier alpha value is -4.37. The van der Waals surface area contributed by atoms with E-state index in [1.54, 1.807) is 0 Å². The Labute approximate surface area is 229 Å². The first-order valence-corrected chi connectivity index (χ1v) is 13.9. The number of benzene rings is 3. The first-order valence-electron chi connectivity index (χ1n) is 13.9. The fourth-order valence-electron chi connectivity index (χ4n) is 7.17. The van der Waals surface area contributed by atoms with E-state index in [-0.39, 0.29) is 24.0 Å². The predicted molar refractivity (Wildman–Crippen MR) is 153 cm³/mol. The molecule has 3 amide bonds. The molecule has 1 fully saturated rings. The van der Waals surface area contributed by atoms with Gasteiger partial charge in [-0.3, -0.25) is 14.9 Å². The van der Waals surface area contributed by atoms with Crippen molar-refractivity contribution in [1.29, 1.82) is 0 Å². The molecule has 8 rings (SSSR count). The van der Waals surface area contributed by atoms with Crippen LogP contribution in [0.2, 0.25) is 0 Å². The summed E-state index contributed by atoms with van der Waals surface area (Å²) in [7, 11) is 4.09. The van der Waals surface area contributed by atoms with Gasteiger partial charge in [-0.1, -0.05) is 36.4 Å². The quantitative estimate of drug-likeness (QED) is 0.340. The minimum Gasteiger partial charge on any atom is -0.444 e. The van der Waals surface area contributed by atoms with Crippen molar-refractivity contribution in [2.24, 2.45) is 0 Å². The number of hydrogen-bond donors (Lipinski definition) is 1. The van der Waals surface area contributed by atoms with Crippen LogP contribution in [0.25, 0.3) is 43.6 Å². The summed E-state index contributed by atoms with van der Waals surface area (Å²) in [6.45, 7) is 2.43. The number of carbonyl (C=O) groups is 3. The minimum absolute atomic E-state index is 0.274. The van der Waals surface area contributed by atoms with Gasteiger partial charge in [0.25, 0.3) is 11.8 Å². The Morgan fingerprint density at radius 2 is 1.43 bits per heavy atom. The molecule has 0 bridgehead atoms. The Bertz CT molecular complexity index is 1930. The maximum atomic E-state index is 13.3. The average Bonchev–Trinajstić information content (AvgIpc) is 3.69. The van der Waals surface area contributed by atoms with Gasteiger partial charge in [0.2, 0.25) is 0 Å². The zero-order chi connectivity index (χ0) is 27.3. The lowest BCUT2D eigenvalue weighted by atomic mass is 9.96. The number of carbonyl (C=O) groups excluding carboxylic acids is 3. The van der Waals surface area contributed by atoms with Gasteiger partial charge in [0.05, 0.1) is 28.7 Å². The Morgan fingerprint density at radius 1 is 0.825 bits per heavy atom. The number of imide groups is 1. The van der Waals surface area contributed by atoms with Crippen LogP contribution in [-0.2, 0) is 17.8 Å². The molecule has 0 aliphatic carbocycles. The van der Waals surface area contributed by atoms with E-state index in [4.69, 9.17) is 4.74 Å². The van der Waals surface area contributed by atoms with Gasteiger partial charge in [0.15, 0.2) is 0 Å². The van der Waals surface area contributed by atoms with Gasteiger partial charge in [-0.2, -0.15) is 0 Å². The third-order valence-corrected chi connectivity index (χ3v) is 9.08. The Kier molecular flexibility index (Phi) is 4.89. The van der Waals surface area contributed by atoms with E-state index >= 15 is 0 Å². The van der Waals surface area contributed by atoms with E-state index in [1.807, 2.05) is 61.5 Å². The monoisotopic (exact) mass is 535 g/mol. The molecule has 5 aromatic rings. The van der Waals surface area contributed by atoms with Gasteiger partial charge in [-0.05, 0) is 32.6 Å². The molecule has 9 heteroatoms. The lowest BCUT2D eigenvalue weighted by molar-refractivity contribution is 0.0539. The normalized spacial score (nSPS) is 20.7. The van der Waals surface area contributed by atoms with Crippen molar-refractivity contribution in [3.05, 3.63) is 59.7 Å². The highest BCUT2D eigenvalue weighted by molar-refractivity contribution is 6.39. The highest BCUT2D eigenvalue weighted by atomic mass is 16.6. The van der Waals surface area contributed by atoms with Crippen molar-refractivity contribution in [3.63, 3.8) is 0 Å². The largest absolute Gasteiger partial charge is 0.444 e. The van der Waals surface area contributed by atoms with Crippen LogP contribution >= 0.6 is 0 Å². The number of para-hydroxylation sites is 2. The molecule has 5 heterocycles. The molecule has 3 aliphatic rings. The van der Waals surface area contributed by atoms with Gasteiger partial charge >= 0.3 is 6.09 Å². The van der Waals surface area contributed by atoms with Crippen LogP contribution in [0.5, 0.6) is 0 Å². The SMILES string of the molecule is CN(C)[C@H]1CCN(C(=O)OC2CCn3c4ccccc4c4c5c(c6c7ccccc7n(c6c43)C2)C(=O)NC5=O)C1. The van der Waals surface area contributed by atoms with Gasteiger partial charge in [-0.25, -0.2) is 4.79 Å². The van der Waals surface area contributed by atoms with Crippen LogP contribution in [0.15, 0.2) is 48.5 Å². The lowest BCUT2D eigenvalue weighted by Crippen LogP contribution is -2.37. The number of aryl methyl sites for hydroxylation is 1. The molecular weight excluding hydrogens is 506 g/mol. The number of aromatic nitrogens is 2. The molecule has 1 N–H and O–H groups in total. The van der Waals surface area contributed by atoms with Crippen molar-refractivity contribution < 1.29 is 19.1 Å². The van der Waals surface area contributed by atoms with Crippen molar-refractivity contribution >= 4 is 61.5 Å². The fourth-order valence-corrected chi connectivity index (χ4v) is 7.17. The summed E-state index contributed by atoms with van der Waals surface area (Å²) < 4.78 is 10.7. The average molecular weight is 536 g/mol. The number of rotatable bonds is 2. The molecule has 3 aliphatic heterocycles. The summed E-state index contributed by atoms with van der Waals surface area (Å²) in [5, 5.41) is 6.02. The van der Waals surface area contributed by atoms with E-state index < -0.39 is 0 Å². The fraction of sp³-hybridized carbons (Fsp3) is 0.323. The van der Waals surface area contributed by atoms with E-state index in [0.29, 0.717) is 49.8 Å². The van der Waals surface area contributed by atoms with Crippen molar-refractivity contribution in [2.45, 2.75) is 38.1 Å².